The van der Waals surface area contributed by atoms with Crippen molar-refractivity contribution >= 4 is 6.09 Å². The summed E-state index contributed by atoms with van der Waals surface area (Å²) < 4.78 is 4.65. The van der Waals surface area contributed by atoms with E-state index in [9.17, 15) is 4.79 Å². The van der Waals surface area contributed by atoms with Crippen molar-refractivity contribution in [1.82, 2.24) is 5.32 Å². The quantitative estimate of drug-likeness (QED) is 0.601. The molecule has 2 N–H and O–H groups in total. The second-order valence-corrected chi connectivity index (χ2v) is 2.32. The van der Waals surface area contributed by atoms with E-state index in [4.69, 9.17) is 5.11 Å². The third-order valence-electron chi connectivity index (χ3n) is 1.37. The van der Waals surface area contributed by atoms with E-state index in [0.717, 1.165) is 0 Å². The van der Waals surface area contributed by atoms with Gasteiger partial charge in [0.15, 0.2) is 0 Å². The van der Waals surface area contributed by atoms with E-state index in [1.807, 2.05) is 6.92 Å². The van der Waals surface area contributed by atoms with Crippen molar-refractivity contribution in [3.8, 4) is 0 Å². The summed E-state index contributed by atoms with van der Waals surface area (Å²) in [5.41, 5.74) is 0. The van der Waals surface area contributed by atoms with Gasteiger partial charge in [0.1, 0.15) is 6.61 Å². The van der Waals surface area contributed by atoms with E-state index >= 15 is 0 Å². The van der Waals surface area contributed by atoms with E-state index in [-0.39, 0.29) is 19.3 Å². The number of aliphatic hydroxyl groups is 1. The molecule has 1 atom stereocenters. The van der Waals surface area contributed by atoms with E-state index in [2.05, 4.69) is 16.6 Å². The van der Waals surface area contributed by atoms with Gasteiger partial charge >= 0.3 is 6.09 Å². The SMILES string of the molecule is C=CCOC(=O)N[C@@H](CC)CO. The van der Waals surface area contributed by atoms with Crippen molar-refractivity contribution in [3.63, 3.8) is 0 Å². The lowest BCUT2D eigenvalue weighted by molar-refractivity contribution is 0.145. The fourth-order valence-electron chi connectivity index (χ4n) is 0.620. The number of hydrogen-bond acceptors (Lipinski definition) is 3. The zero-order valence-corrected chi connectivity index (χ0v) is 7.25. The molecule has 0 saturated carbocycles. The number of hydrogen-bond donors (Lipinski definition) is 2. The number of alkyl carbamates (subject to hydrolysis) is 1. The van der Waals surface area contributed by atoms with Gasteiger partial charge in [-0.25, -0.2) is 4.79 Å². The summed E-state index contributed by atoms with van der Waals surface area (Å²) in [6.45, 7) is 5.39. The molecule has 0 aliphatic heterocycles. The van der Waals surface area contributed by atoms with Gasteiger partial charge in [0.05, 0.1) is 12.6 Å². The molecule has 4 nitrogen and oxygen atoms in total. The first-order chi connectivity index (χ1) is 5.74. The summed E-state index contributed by atoms with van der Waals surface area (Å²) in [7, 11) is 0. The Morgan fingerprint density at radius 1 is 1.83 bits per heavy atom. The number of amides is 1. The molecule has 1 amide bonds. The van der Waals surface area contributed by atoms with Crippen LogP contribution in [0.4, 0.5) is 4.79 Å². The number of rotatable bonds is 5. The molecule has 0 heterocycles. The maximum atomic E-state index is 10.8. The van der Waals surface area contributed by atoms with E-state index in [1.54, 1.807) is 0 Å². The van der Waals surface area contributed by atoms with E-state index in [0.29, 0.717) is 6.42 Å². The number of carbonyl (C=O) groups excluding carboxylic acids is 1. The largest absolute Gasteiger partial charge is 0.445 e. The van der Waals surface area contributed by atoms with Gasteiger partial charge in [0.2, 0.25) is 0 Å². The number of aliphatic hydroxyl groups excluding tert-OH is 1. The van der Waals surface area contributed by atoms with Crippen LogP contribution < -0.4 is 5.32 Å². The van der Waals surface area contributed by atoms with E-state index in [1.165, 1.54) is 6.08 Å². The molecule has 70 valence electrons. The van der Waals surface area contributed by atoms with Crippen molar-refractivity contribution in [3.05, 3.63) is 12.7 Å². The maximum Gasteiger partial charge on any atom is 0.407 e. The molecule has 0 aliphatic carbocycles. The zero-order valence-electron chi connectivity index (χ0n) is 7.25. The molecular formula is C8H15NO3. The molecule has 0 saturated heterocycles. The summed E-state index contributed by atoms with van der Waals surface area (Å²) >= 11 is 0. The van der Waals surface area contributed by atoms with Gasteiger partial charge < -0.3 is 15.2 Å². The first kappa shape index (κ1) is 11.0. The predicted octanol–water partition coefficient (Wildman–Crippen LogP) is 0.669. The van der Waals surface area contributed by atoms with Gasteiger partial charge in [-0.1, -0.05) is 19.6 Å². The van der Waals surface area contributed by atoms with Crippen molar-refractivity contribution in [1.29, 1.82) is 0 Å². The minimum absolute atomic E-state index is 0.0698. The van der Waals surface area contributed by atoms with Gasteiger partial charge in [0.25, 0.3) is 0 Å². The molecule has 0 aliphatic rings. The molecular weight excluding hydrogens is 158 g/mol. The molecule has 0 spiro atoms. The van der Waals surface area contributed by atoms with Crippen molar-refractivity contribution in [2.45, 2.75) is 19.4 Å². The smallest absolute Gasteiger partial charge is 0.407 e. The topological polar surface area (TPSA) is 58.6 Å². The first-order valence-corrected chi connectivity index (χ1v) is 3.89. The number of ether oxygens (including phenoxy) is 1. The molecule has 0 aromatic rings. The van der Waals surface area contributed by atoms with Crippen LogP contribution in [-0.2, 0) is 4.74 Å². The van der Waals surface area contributed by atoms with Crippen LogP contribution in [0.2, 0.25) is 0 Å². The lowest BCUT2D eigenvalue weighted by atomic mass is 10.2. The standard InChI is InChI=1S/C8H15NO3/c1-3-5-12-8(11)9-7(4-2)6-10/h3,7,10H,1,4-6H2,2H3,(H,9,11)/t7-/m0/s1. The maximum absolute atomic E-state index is 10.8. The molecule has 0 aromatic carbocycles. The third kappa shape index (κ3) is 4.73. The predicted molar refractivity (Wildman–Crippen MR) is 45.8 cm³/mol. The van der Waals surface area contributed by atoms with Crippen LogP contribution in [0, 0.1) is 0 Å². The van der Waals surface area contributed by atoms with Gasteiger partial charge in [-0.15, -0.1) is 0 Å². The van der Waals surface area contributed by atoms with Crippen LogP contribution in [0.25, 0.3) is 0 Å². The van der Waals surface area contributed by atoms with Gasteiger partial charge in [-0.2, -0.15) is 0 Å². The lowest BCUT2D eigenvalue weighted by Crippen LogP contribution is -2.37. The van der Waals surface area contributed by atoms with Crippen LogP contribution >= 0.6 is 0 Å². The van der Waals surface area contributed by atoms with Crippen molar-refractivity contribution < 1.29 is 14.6 Å². The highest BCUT2D eigenvalue weighted by Crippen LogP contribution is 1.89. The van der Waals surface area contributed by atoms with Crippen molar-refractivity contribution in [2.75, 3.05) is 13.2 Å². The van der Waals surface area contributed by atoms with Crippen LogP contribution in [0.15, 0.2) is 12.7 Å². The minimum Gasteiger partial charge on any atom is -0.445 e. The second kappa shape index (κ2) is 6.67. The number of nitrogens with one attached hydrogen (secondary N) is 1. The molecule has 0 radical (unpaired) electrons. The Morgan fingerprint density at radius 3 is 2.92 bits per heavy atom. The fourth-order valence-corrected chi connectivity index (χ4v) is 0.620. The summed E-state index contributed by atoms with van der Waals surface area (Å²) in [4.78, 5) is 10.8. The fraction of sp³-hybridized carbons (Fsp3) is 0.625. The summed E-state index contributed by atoms with van der Waals surface area (Å²) in [5.74, 6) is 0. The molecule has 12 heavy (non-hydrogen) atoms. The molecule has 0 unspecified atom stereocenters. The van der Waals surface area contributed by atoms with Crippen LogP contribution in [-0.4, -0.2) is 30.5 Å². The van der Waals surface area contributed by atoms with Crippen LogP contribution in [0.3, 0.4) is 0 Å². The summed E-state index contributed by atoms with van der Waals surface area (Å²) in [5, 5.41) is 11.2. The molecule has 4 heteroatoms. The lowest BCUT2D eigenvalue weighted by Gasteiger charge is -2.12. The van der Waals surface area contributed by atoms with Crippen LogP contribution in [0.1, 0.15) is 13.3 Å². The Balaban J connectivity index is 3.58. The Hall–Kier alpha value is -1.03. The normalized spacial score (nSPS) is 11.8. The van der Waals surface area contributed by atoms with Crippen LogP contribution in [0.5, 0.6) is 0 Å². The highest BCUT2D eigenvalue weighted by molar-refractivity contribution is 5.67. The number of carbonyl (C=O) groups is 1. The van der Waals surface area contributed by atoms with Gasteiger partial charge in [-0.05, 0) is 6.42 Å². The van der Waals surface area contributed by atoms with Gasteiger partial charge in [0, 0.05) is 0 Å². The highest BCUT2D eigenvalue weighted by atomic mass is 16.5. The average molecular weight is 173 g/mol. The molecule has 0 fully saturated rings. The first-order valence-electron chi connectivity index (χ1n) is 3.89. The van der Waals surface area contributed by atoms with E-state index < -0.39 is 6.09 Å². The molecule has 0 aromatic heterocycles. The third-order valence-corrected chi connectivity index (χ3v) is 1.37. The molecule has 0 rings (SSSR count). The monoisotopic (exact) mass is 173 g/mol. The summed E-state index contributed by atoms with van der Waals surface area (Å²) in [6.07, 6.45) is 1.65. The van der Waals surface area contributed by atoms with Crippen molar-refractivity contribution in [2.24, 2.45) is 0 Å². The second-order valence-electron chi connectivity index (χ2n) is 2.32. The Bertz CT molecular complexity index is 143. The Morgan fingerprint density at radius 2 is 2.50 bits per heavy atom. The highest BCUT2D eigenvalue weighted by Gasteiger charge is 2.08. The minimum atomic E-state index is -0.518. The average Bonchev–Trinajstić information content (AvgIpc) is 2.10. The zero-order chi connectivity index (χ0) is 9.40. The Labute approximate surface area is 72.2 Å². The molecule has 0 bridgehead atoms. The summed E-state index contributed by atoms with van der Waals surface area (Å²) in [6, 6.07) is -0.220. The van der Waals surface area contributed by atoms with Gasteiger partial charge in [-0.3, -0.25) is 0 Å². The Kier molecular flexibility index (Phi) is 6.09.